The van der Waals surface area contributed by atoms with Crippen LogP contribution in [0.25, 0.3) is 0 Å². The minimum atomic E-state index is -0.694. The minimum absolute atomic E-state index is 0.174. The highest BCUT2D eigenvalue weighted by Gasteiger charge is 2.27. The molecule has 0 aromatic carbocycles. The highest BCUT2D eigenvalue weighted by molar-refractivity contribution is 5.80. The molecule has 1 saturated heterocycles. The lowest BCUT2D eigenvalue weighted by Crippen LogP contribution is -2.28. The zero-order valence-electron chi connectivity index (χ0n) is 4.78. The van der Waals surface area contributed by atoms with Crippen LogP contribution in [0.3, 0.4) is 0 Å². The van der Waals surface area contributed by atoms with Gasteiger partial charge in [-0.1, -0.05) is 0 Å². The maximum atomic E-state index is 10.3. The van der Waals surface area contributed by atoms with Crippen molar-refractivity contribution in [2.75, 3.05) is 6.61 Å². The molecular formula is C5H8NO3. The van der Waals surface area contributed by atoms with E-state index in [0.717, 1.165) is 0 Å². The van der Waals surface area contributed by atoms with Crippen LogP contribution in [-0.4, -0.2) is 29.8 Å². The van der Waals surface area contributed by atoms with Gasteiger partial charge in [0.1, 0.15) is 6.10 Å². The Kier molecular flexibility index (Phi) is 1.68. The molecule has 1 radical (unpaired) electrons. The largest absolute Gasteiger partial charge is 0.390 e. The predicted molar refractivity (Wildman–Crippen MR) is 29.2 cm³/mol. The van der Waals surface area contributed by atoms with Crippen molar-refractivity contribution in [3.63, 3.8) is 0 Å². The molecular weight excluding hydrogens is 122 g/mol. The minimum Gasteiger partial charge on any atom is -0.390 e. The van der Waals surface area contributed by atoms with E-state index in [9.17, 15) is 4.79 Å². The molecule has 1 aliphatic rings. The topological polar surface area (TPSA) is 72.6 Å². The fraction of sp³-hybridized carbons (Fsp3) is 0.600. The van der Waals surface area contributed by atoms with Crippen LogP contribution >= 0.6 is 0 Å². The van der Waals surface area contributed by atoms with Crippen molar-refractivity contribution in [1.82, 2.24) is 0 Å². The summed E-state index contributed by atoms with van der Waals surface area (Å²) >= 11 is 0. The van der Waals surface area contributed by atoms with Gasteiger partial charge in [-0.2, -0.15) is 0 Å². The molecule has 1 amide bonds. The molecule has 9 heavy (non-hydrogen) atoms. The van der Waals surface area contributed by atoms with Crippen molar-refractivity contribution in [2.45, 2.75) is 12.2 Å². The number of rotatable bonds is 1. The number of nitrogens with two attached hydrogens (primary N) is 1. The molecule has 3 N–H and O–H groups in total. The number of hydrogen-bond acceptors (Lipinski definition) is 3. The lowest BCUT2D eigenvalue weighted by molar-refractivity contribution is -0.125. The van der Waals surface area contributed by atoms with Gasteiger partial charge in [0.15, 0.2) is 0 Å². The van der Waals surface area contributed by atoms with Crippen LogP contribution in [0.4, 0.5) is 0 Å². The number of primary amides is 1. The molecule has 1 rings (SSSR count). The molecule has 0 spiro atoms. The summed E-state index contributed by atoms with van der Waals surface area (Å²) in [6.45, 7) is 0.174. The standard InChI is InChI=1S/C5H8NO3/c6-5(8)4-1-3(7)2-9-4/h1,3-4,7H,2H2,(H2,6,8). The molecule has 1 heterocycles. The number of carbonyl (C=O) groups excluding carboxylic acids is 1. The van der Waals surface area contributed by atoms with Crippen molar-refractivity contribution in [1.29, 1.82) is 0 Å². The van der Waals surface area contributed by atoms with Crippen molar-refractivity contribution in [2.24, 2.45) is 5.73 Å². The first-order valence-corrected chi connectivity index (χ1v) is 2.64. The Morgan fingerprint density at radius 2 is 2.56 bits per heavy atom. The monoisotopic (exact) mass is 130 g/mol. The van der Waals surface area contributed by atoms with Crippen LogP contribution in [-0.2, 0) is 9.53 Å². The SMILES string of the molecule is NC(=O)C1[CH]C(O)CO1. The van der Waals surface area contributed by atoms with E-state index in [2.05, 4.69) is 0 Å². The normalized spacial score (nSPS) is 34.8. The Labute approximate surface area is 52.6 Å². The second-order valence-corrected chi connectivity index (χ2v) is 1.92. The summed E-state index contributed by atoms with van der Waals surface area (Å²) in [5, 5.41) is 8.76. The van der Waals surface area contributed by atoms with E-state index in [0.29, 0.717) is 0 Å². The first kappa shape index (κ1) is 6.51. The Morgan fingerprint density at radius 3 is 2.78 bits per heavy atom. The molecule has 1 aliphatic heterocycles. The number of hydrogen-bond donors (Lipinski definition) is 2. The van der Waals surface area contributed by atoms with E-state index in [4.69, 9.17) is 15.6 Å². The molecule has 51 valence electrons. The van der Waals surface area contributed by atoms with E-state index >= 15 is 0 Å². The average molecular weight is 130 g/mol. The van der Waals surface area contributed by atoms with E-state index in [1.165, 1.54) is 6.42 Å². The summed E-state index contributed by atoms with van der Waals surface area (Å²) in [5.74, 6) is -0.549. The molecule has 0 bridgehead atoms. The van der Waals surface area contributed by atoms with Crippen LogP contribution in [0, 0.1) is 6.42 Å². The fourth-order valence-corrected chi connectivity index (χ4v) is 0.692. The predicted octanol–water partition coefficient (Wildman–Crippen LogP) is -1.56. The molecule has 4 nitrogen and oxygen atoms in total. The van der Waals surface area contributed by atoms with Gasteiger partial charge in [0.2, 0.25) is 5.91 Å². The van der Waals surface area contributed by atoms with Crippen molar-refractivity contribution in [3.8, 4) is 0 Å². The Hall–Kier alpha value is -0.610. The van der Waals surface area contributed by atoms with Crippen LogP contribution in [0.15, 0.2) is 0 Å². The highest BCUT2D eigenvalue weighted by atomic mass is 16.5. The third-order valence-electron chi connectivity index (χ3n) is 1.12. The van der Waals surface area contributed by atoms with Gasteiger partial charge in [-0.25, -0.2) is 0 Å². The number of amides is 1. The first-order valence-electron chi connectivity index (χ1n) is 2.64. The Balaban J connectivity index is 2.39. The molecule has 0 saturated carbocycles. The van der Waals surface area contributed by atoms with E-state index in [1.807, 2.05) is 0 Å². The highest BCUT2D eigenvalue weighted by Crippen LogP contribution is 2.10. The van der Waals surface area contributed by atoms with Crippen LogP contribution < -0.4 is 5.73 Å². The van der Waals surface area contributed by atoms with E-state index in [-0.39, 0.29) is 6.61 Å². The fourth-order valence-electron chi connectivity index (χ4n) is 0.692. The maximum Gasteiger partial charge on any atom is 0.246 e. The quantitative estimate of drug-likeness (QED) is 0.450. The van der Waals surface area contributed by atoms with Crippen LogP contribution in [0.5, 0.6) is 0 Å². The van der Waals surface area contributed by atoms with Gasteiger partial charge in [-0.05, 0) is 0 Å². The summed E-state index contributed by atoms with van der Waals surface area (Å²) in [6.07, 6.45) is 0.0463. The molecule has 0 aromatic heterocycles. The second-order valence-electron chi connectivity index (χ2n) is 1.92. The number of carbonyl (C=O) groups is 1. The maximum absolute atomic E-state index is 10.3. The van der Waals surface area contributed by atoms with Gasteiger partial charge >= 0.3 is 0 Å². The molecule has 2 atom stereocenters. The summed E-state index contributed by atoms with van der Waals surface area (Å²) < 4.78 is 4.75. The molecule has 0 aliphatic carbocycles. The summed E-state index contributed by atoms with van der Waals surface area (Å²) in [4.78, 5) is 10.3. The van der Waals surface area contributed by atoms with Crippen molar-refractivity contribution >= 4 is 5.91 Å². The lowest BCUT2D eigenvalue weighted by Gasteiger charge is -1.99. The number of aliphatic hydroxyl groups is 1. The summed E-state index contributed by atoms with van der Waals surface area (Å²) in [5.41, 5.74) is 4.85. The Morgan fingerprint density at radius 1 is 1.89 bits per heavy atom. The number of aliphatic hydroxyl groups excluding tert-OH is 1. The van der Waals surface area contributed by atoms with Gasteiger partial charge in [0.05, 0.1) is 12.7 Å². The zero-order valence-corrected chi connectivity index (χ0v) is 4.78. The van der Waals surface area contributed by atoms with Gasteiger partial charge in [0, 0.05) is 6.42 Å². The van der Waals surface area contributed by atoms with Crippen molar-refractivity contribution in [3.05, 3.63) is 6.42 Å². The summed E-state index contributed by atoms with van der Waals surface area (Å²) in [6, 6.07) is 0. The Bertz CT molecular complexity index is 125. The first-order chi connectivity index (χ1) is 4.20. The number of ether oxygens (including phenoxy) is 1. The summed E-state index contributed by atoms with van der Waals surface area (Å²) in [7, 11) is 0. The van der Waals surface area contributed by atoms with Crippen molar-refractivity contribution < 1.29 is 14.6 Å². The molecule has 2 unspecified atom stereocenters. The second kappa shape index (κ2) is 2.33. The van der Waals surface area contributed by atoms with Gasteiger partial charge in [-0.3, -0.25) is 4.79 Å². The van der Waals surface area contributed by atoms with Gasteiger partial charge in [0.25, 0.3) is 0 Å². The van der Waals surface area contributed by atoms with Gasteiger partial charge in [-0.15, -0.1) is 0 Å². The zero-order chi connectivity index (χ0) is 6.85. The van der Waals surface area contributed by atoms with Crippen LogP contribution in [0.2, 0.25) is 0 Å². The smallest absolute Gasteiger partial charge is 0.246 e. The van der Waals surface area contributed by atoms with Crippen LogP contribution in [0.1, 0.15) is 0 Å². The molecule has 0 aromatic rings. The molecule has 4 heteroatoms. The average Bonchev–Trinajstić information content (AvgIpc) is 2.14. The third-order valence-corrected chi connectivity index (χ3v) is 1.12. The van der Waals surface area contributed by atoms with E-state index < -0.39 is 18.1 Å². The third kappa shape index (κ3) is 1.40. The lowest BCUT2D eigenvalue weighted by atomic mass is 10.2. The van der Waals surface area contributed by atoms with Gasteiger partial charge < -0.3 is 15.6 Å². The van der Waals surface area contributed by atoms with E-state index in [1.54, 1.807) is 0 Å². The molecule has 1 fully saturated rings.